The number of pyridine rings is 1. The number of aromatic nitrogens is 7. The Morgan fingerprint density at radius 2 is 2.07 bits per heavy atom. The lowest BCUT2D eigenvalue weighted by Crippen LogP contribution is -2.08. The average Bonchev–Trinajstić information content (AvgIpc) is 3.36. The fourth-order valence-corrected chi connectivity index (χ4v) is 4.89. The van der Waals surface area contributed by atoms with Crippen LogP contribution in [0.2, 0.25) is 0 Å². The summed E-state index contributed by atoms with van der Waals surface area (Å²) in [4.78, 5) is 13.2. The normalized spacial score (nSPS) is 13.7. The molecule has 0 fully saturated rings. The summed E-state index contributed by atoms with van der Waals surface area (Å²) in [6.45, 7) is 4.21. The molecule has 5 aromatic rings. The van der Waals surface area contributed by atoms with Crippen LogP contribution in [-0.2, 0) is 12.7 Å². The van der Waals surface area contributed by atoms with Crippen molar-refractivity contribution < 1.29 is 13.2 Å². The Kier molecular flexibility index (Phi) is 4.33. The van der Waals surface area contributed by atoms with Gasteiger partial charge in [0, 0.05) is 17.5 Å². The molecule has 0 spiro atoms. The third kappa shape index (κ3) is 3.14. The minimum Gasteiger partial charge on any atom is -0.271 e. The third-order valence-corrected chi connectivity index (χ3v) is 6.25. The second-order valence-electron chi connectivity index (χ2n) is 7.05. The van der Waals surface area contributed by atoms with Gasteiger partial charge in [-0.1, -0.05) is 6.92 Å². The molecule has 12 heteroatoms. The second-order valence-corrected chi connectivity index (χ2v) is 8.96. The van der Waals surface area contributed by atoms with E-state index in [1.54, 1.807) is 22.3 Å². The fourth-order valence-electron chi connectivity index (χ4n) is 3.38. The smallest absolute Gasteiger partial charge is 0.271 e. The number of fused-ring (bicyclic) bond motifs is 5. The van der Waals surface area contributed by atoms with Crippen LogP contribution < -0.4 is 0 Å². The maximum absolute atomic E-state index is 13.2. The van der Waals surface area contributed by atoms with E-state index in [-0.39, 0.29) is 10.7 Å². The molecule has 0 N–H and O–H groups in total. The lowest BCUT2D eigenvalue weighted by atomic mass is 10.1. The lowest BCUT2D eigenvalue weighted by molar-refractivity contribution is -0.141. The van der Waals surface area contributed by atoms with Crippen molar-refractivity contribution >= 4 is 53.3 Å². The van der Waals surface area contributed by atoms with E-state index in [0.717, 1.165) is 21.9 Å². The van der Waals surface area contributed by atoms with Crippen LogP contribution in [0, 0.1) is 6.92 Å². The molecule has 1 atom stereocenters. The largest absolute Gasteiger partial charge is 0.433 e. The Hall–Kier alpha value is -2.60. The molecule has 30 heavy (non-hydrogen) atoms. The molecule has 5 aromatic heterocycles. The van der Waals surface area contributed by atoms with Gasteiger partial charge < -0.3 is 0 Å². The van der Waals surface area contributed by atoms with E-state index < -0.39 is 11.9 Å². The van der Waals surface area contributed by atoms with E-state index in [1.165, 1.54) is 6.33 Å². The van der Waals surface area contributed by atoms with Crippen molar-refractivity contribution in [1.82, 2.24) is 34.3 Å². The van der Waals surface area contributed by atoms with Gasteiger partial charge in [-0.25, -0.2) is 19.5 Å². The fraction of sp³-hybridized carbons (Fsp3) is 0.278. The van der Waals surface area contributed by atoms with Gasteiger partial charge in [0.05, 0.1) is 22.7 Å². The zero-order valence-electron chi connectivity index (χ0n) is 15.6. The highest BCUT2D eigenvalue weighted by Crippen LogP contribution is 2.38. The predicted molar refractivity (Wildman–Crippen MR) is 110 cm³/mol. The van der Waals surface area contributed by atoms with Crippen molar-refractivity contribution in [1.29, 1.82) is 0 Å². The summed E-state index contributed by atoms with van der Waals surface area (Å²) in [5.41, 5.74) is 0.715. The summed E-state index contributed by atoms with van der Waals surface area (Å²) < 4.78 is 44.4. The van der Waals surface area contributed by atoms with Gasteiger partial charge in [-0.15, -0.1) is 16.4 Å². The van der Waals surface area contributed by atoms with Gasteiger partial charge in [0.2, 0.25) is 0 Å². The number of aryl methyl sites for hydroxylation is 1. The molecule has 0 saturated carbocycles. The van der Waals surface area contributed by atoms with Crippen LogP contribution in [0.1, 0.15) is 29.9 Å². The molecule has 0 aliphatic carbocycles. The summed E-state index contributed by atoms with van der Waals surface area (Å²) in [6, 6.07) is 1.06. The lowest BCUT2D eigenvalue weighted by Gasteiger charge is -2.06. The number of halogens is 4. The highest BCUT2D eigenvalue weighted by Gasteiger charge is 2.33. The molecule has 5 rings (SSSR count). The van der Waals surface area contributed by atoms with E-state index >= 15 is 0 Å². The predicted octanol–water partition coefficient (Wildman–Crippen LogP) is 4.98. The summed E-state index contributed by atoms with van der Waals surface area (Å²) in [7, 11) is 0. The maximum atomic E-state index is 13.2. The Morgan fingerprint density at radius 1 is 1.27 bits per heavy atom. The number of hydrogen-bond acceptors (Lipinski definition) is 6. The van der Waals surface area contributed by atoms with Crippen LogP contribution in [0.3, 0.4) is 0 Å². The van der Waals surface area contributed by atoms with Crippen molar-refractivity contribution in [2.24, 2.45) is 0 Å². The number of nitrogens with zero attached hydrogens (tertiary/aromatic N) is 7. The number of thiophene rings is 1. The van der Waals surface area contributed by atoms with Crippen molar-refractivity contribution in [3.8, 4) is 0 Å². The van der Waals surface area contributed by atoms with Gasteiger partial charge in [-0.3, -0.25) is 4.68 Å². The van der Waals surface area contributed by atoms with Gasteiger partial charge >= 0.3 is 6.18 Å². The standard InChI is InChI=1S/C18H13BrF3N7S/c1-8-3-11(18(20,21)22)25-17-12(8)13-14(30-17)16-26-15(27-29(16)7-23-13)9(2)5-28-6-10(19)4-24-28/h3-4,6-7,9H,5H2,1-2H3. The molecule has 0 aliphatic rings. The Labute approximate surface area is 179 Å². The minimum absolute atomic E-state index is 0.0298. The summed E-state index contributed by atoms with van der Waals surface area (Å²) in [6.07, 6.45) is 0.606. The van der Waals surface area contributed by atoms with E-state index in [2.05, 4.69) is 41.1 Å². The molecular weight excluding hydrogens is 483 g/mol. The molecule has 154 valence electrons. The van der Waals surface area contributed by atoms with Crippen molar-refractivity contribution in [3.63, 3.8) is 0 Å². The van der Waals surface area contributed by atoms with E-state index in [1.807, 2.05) is 13.1 Å². The number of hydrogen-bond donors (Lipinski definition) is 0. The van der Waals surface area contributed by atoms with Crippen molar-refractivity contribution in [3.05, 3.63) is 46.3 Å². The topological polar surface area (TPSA) is 73.8 Å². The average molecular weight is 496 g/mol. The molecule has 1 unspecified atom stereocenters. The molecular formula is C18H13BrF3N7S. The Balaban J connectivity index is 1.64. The number of alkyl halides is 3. The zero-order chi connectivity index (χ0) is 21.2. The van der Waals surface area contributed by atoms with Crippen LogP contribution >= 0.6 is 27.3 Å². The minimum atomic E-state index is -4.50. The molecule has 7 nitrogen and oxygen atoms in total. The van der Waals surface area contributed by atoms with Gasteiger partial charge in [0.15, 0.2) is 11.5 Å². The SMILES string of the molecule is Cc1cc(C(F)(F)F)nc2sc3c(ncn4nc(C(C)Cn5cc(Br)cn5)nc34)c12. The summed E-state index contributed by atoms with van der Waals surface area (Å²) in [5, 5.41) is 9.38. The molecule has 0 saturated heterocycles. The molecule has 0 amide bonds. The second kappa shape index (κ2) is 6.71. The summed E-state index contributed by atoms with van der Waals surface area (Å²) >= 11 is 4.52. The van der Waals surface area contributed by atoms with E-state index in [0.29, 0.717) is 39.2 Å². The van der Waals surface area contributed by atoms with Crippen LogP contribution in [-0.4, -0.2) is 34.3 Å². The van der Waals surface area contributed by atoms with E-state index in [9.17, 15) is 13.2 Å². The summed E-state index contributed by atoms with van der Waals surface area (Å²) in [5.74, 6) is 0.576. The van der Waals surface area contributed by atoms with Crippen LogP contribution in [0.5, 0.6) is 0 Å². The van der Waals surface area contributed by atoms with E-state index in [4.69, 9.17) is 0 Å². The molecule has 0 aliphatic heterocycles. The highest BCUT2D eigenvalue weighted by atomic mass is 79.9. The van der Waals surface area contributed by atoms with Crippen LogP contribution in [0.4, 0.5) is 13.2 Å². The maximum Gasteiger partial charge on any atom is 0.433 e. The quantitative estimate of drug-likeness (QED) is 0.353. The molecule has 0 aromatic carbocycles. The third-order valence-electron chi connectivity index (χ3n) is 4.77. The Morgan fingerprint density at radius 3 is 2.77 bits per heavy atom. The Bertz CT molecular complexity index is 1420. The van der Waals surface area contributed by atoms with Gasteiger partial charge in [-0.05, 0) is 34.5 Å². The van der Waals surface area contributed by atoms with Gasteiger partial charge in [0.25, 0.3) is 0 Å². The van der Waals surface area contributed by atoms with Crippen LogP contribution in [0.15, 0.2) is 29.3 Å². The van der Waals surface area contributed by atoms with Gasteiger partial charge in [-0.2, -0.15) is 18.3 Å². The monoisotopic (exact) mass is 495 g/mol. The van der Waals surface area contributed by atoms with Crippen molar-refractivity contribution in [2.45, 2.75) is 32.5 Å². The van der Waals surface area contributed by atoms with Gasteiger partial charge in [0.1, 0.15) is 21.6 Å². The molecule has 0 bridgehead atoms. The zero-order valence-corrected chi connectivity index (χ0v) is 18.0. The molecule has 0 radical (unpaired) electrons. The first kappa shape index (κ1) is 19.4. The first-order valence-electron chi connectivity index (χ1n) is 8.91. The van der Waals surface area contributed by atoms with Crippen molar-refractivity contribution in [2.75, 3.05) is 0 Å². The highest BCUT2D eigenvalue weighted by molar-refractivity contribution is 9.10. The molecule has 5 heterocycles. The first-order valence-corrected chi connectivity index (χ1v) is 10.5. The van der Waals surface area contributed by atoms with Crippen LogP contribution in [0.25, 0.3) is 26.1 Å². The number of rotatable bonds is 3. The first-order chi connectivity index (χ1) is 14.2.